The van der Waals surface area contributed by atoms with Crippen molar-refractivity contribution in [2.45, 2.75) is 4.59 Å². The molecule has 0 fully saturated rings. The maximum Gasteiger partial charge on any atom is 0.270 e. The molecule has 4 heteroatoms. The van der Waals surface area contributed by atoms with Gasteiger partial charge in [0, 0.05) is 0 Å². The largest absolute Gasteiger partial charge is 0.270 e. The Labute approximate surface area is 50.2 Å². The highest BCUT2D eigenvalue weighted by Crippen LogP contribution is 2.22. The summed E-state index contributed by atoms with van der Waals surface area (Å²) in [7, 11) is 0. The Morgan fingerprint density at radius 1 is 1.50 bits per heavy atom. The van der Waals surface area contributed by atoms with Gasteiger partial charge >= 0.3 is 0 Å². The van der Waals surface area contributed by atoms with Gasteiger partial charge in [-0.2, -0.15) is 0 Å². The molecule has 0 nitrogen and oxygen atoms in total. The molecule has 0 aliphatic carbocycles. The molecule has 0 saturated heterocycles. The average molecular weight is 151 g/mol. The maximum absolute atomic E-state index is 11.5. The number of alkyl halides is 4. The van der Waals surface area contributed by atoms with E-state index in [1.807, 2.05) is 0 Å². The summed E-state index contributed by atoms with van der Waals surface area (Å²) in [6.07, 6.45) is 0. The van der Waals surface area contributed by atoms with Crippen molar-refractivity contribution in [1.82, 2.24) is 0 Å². The number of halogens is 4. The fourth-order valence-electron chi connectivity index (χ4n) is 0. The van der Waals surface area contributed by atoms with E-state index < -0.39 is 10.5 Å². The molecule has 0 saturated carbocycles. The number of rotatable bonds is 1. The third-order valence-electron chi connectivity index (χ3n) is 0.152. The Balaban J connectivity index is 3.17. The topological polar surface area (TPSA) is 0 Å². The lowest BCUT2D eigenvalue weighted by Crippen LogP contribution is -2.03. The fraction of sp³-hybridized carbons (Fsp3) is 1.00. The van der Waals surface area contributed by atoms with Crippen molar-refractivity contribution in [3.63, 3.8) is 0 Å². The summed E-state index contributed by atoms with van der Waals surface area (Å²) >= 11 is 14.2. The second kappa shape index (κ2) is 2.20. The predicted molar refractivity (Wildman–Crippen MR) is 26.3 cm³/mol. The zero-order chi connectivity index (χ0) is 5.21. The van der Waals surface area contributed by atoms with Crippen LogP contribution in [-0.4, -0.2) is 10.5 Å². The van der Waals surface area contributed by atoms with Gasteiger partial charge in [0.25, 0.3) is 4.59 Å². The van der Waals surface area contributed by atoms with Crippen LogP contribution in [-0.2, 0) is 0 Å². The van der Waals surface area contributed by atoms with Crippen LogP contribution < -0.4 is 0 Å². The summed E-state index contributed by atoms with van der Waals surface area (Å²) in [6, 6.07) is 0. The molecule has 0 aliphatic heterocycles. The quantitative estimate of drug-likeness (QED) is 0.505. The van der Waals surface area contributed by atoms with E-state index in [0.29, 0.717) is 0 Å². The molecule has 0 N–H and O–H groups in total. The molecule has 0 aromatic heterocycles. The summed E-state index contributed by atoms with van der Waals surface area (Å²) < 4.78 is 9.27. The Kier molecular flexibility index (Phi) is 2.49. The Morgan fingerprint density at radius 3 is 1.67 bits per heavy atom. The second-order valence-corrected chi connectivity index (χ2v) is 2.41. The molecule has 6 heavy (non-hydrogen) atoms. The Morgan fingerprint density at radius 2 is 1.67 bits per heavy atom. The van der Waals surface area contributed by atoms with E-state index in [-0.39, 0.29) is 0 Å². The van der Waals surface area contributed by atoms with Crippen molar-refractivity contribution in [1.29, 1.82) is 0 Å². The van der Waals surface area contributed by atoms with E-state index in [9.17, 15) is 4.39 Å². The summed E-state index contributed by atoms with van der Waals surface area (Å²) in [5, 5.41) is 0. The van der Waals surface area contributed by atoms with Crippen molar-refractivity contribution >= 4 is 34.8 Å². The van der Waals surface area contributed by atoms with E-state index in [1.165, 1.54) is 0 Å². The molecule has 0 rings (SSSR count). The van der Waals surface area contributed by atoms with Crippen LogP contribution in [0.5, 0.6) is 0 Å². The fourth-order valence-corrected chi connectivity index (χ4v) is 0. The lowest BCUT2D eigenvalue weighted by atomic mass is 10.9. The lowest BCUT2D eigenvalue weighted by molar-refractivity contribution is 0.428. The zero-order valence-electron chi connectivity index (χ0n) is 2.72. The molecule has 0 aromatic carbocycles. The van der Waals surface area contributed by atoms with Gasteiger partial charge in [0.05, 0.1) is 5.88 Å². The van der Waals surface area contributed by atoms with Crippen LogP contribution in [0, 0.1) is 0 Å². The van der Waals surface area contributed by atoms with Crippen LogP contribution in [0.1, 0.15) is 0 Å². The highest BCUT2D eigenvalue weighted by atomic mass is 35.5. The normalized spacial score (nSPS) is 12.0. The molecule has 0 heterocycles. The molecule has 0 aromatic rings. The zero-order valence-corrected chi connectivity index (χ0v) is 4.99. The highest BCUT2D eigenvalue weighted by molar-refractivity contribution is 6.50. The Bertz CT molecular complexity index is 38.5. The van der Waals surface area contributed by atoms with Crippen LogP contribution in [0.4, 0.5) is 4.39 Å². The minimum Gasteiger partial charge on any atom is -0.207 e. The van der Waals surface area contributed by atoms with Crippen LogP contribution in [0.15, 0.2) is 0 Å². The minimum atomic E-state index is -2.25. The third-order valence-corrected chi connectivity index (χ3v) is 1.06. The van der Waals surface area contributed by atoms with Gasteiger partial charge in [-0.05, 0) is 0 Å². The molecule has 0 unspecified atom stereocenters. The Hall–Kier alpha value is 0.800. The molecular weight excluding hydrogens is 149 g/mol. The van der Waals surface area contributed by atoms with E-state index in [2.05, 4.69) is 23.2 Å². The van der Waals surface area contributed by atoms with Crippen LogP contribution >= 0.6 is 34.8 Å². The minimum absolute atomic E-state index is 0.393. The first-order chi connectivity index (χ1) is 2.56. The molecule has 0 atom stereocenters. The van der Waals surface area contributed by atoms with Gasteiger partial charge in [-0.15, -0.1) is 11.6 Å². The smallest absolute Gasteiger partial charge is 0.207 e. The van der Waals surface area contributed by atoms with E-state index in [1.54, 1.807) is 0 Å². The summed E-state index contributed by atoms with van der Waals surface area (Å²) in [6.45, 7) is 0. The van der Waals surface area contributed by atoms with Gasteiger partial charge in [-0.25, -0.2) is 4.39 Å². The van der Waals surface area contributed by atoms with Crippen molar-refractivity contribution in [2.24, 2.45) is 0 Å². The van der Waals surface area contributed by atoms with E-state index >= 15 is 0 Å². The van der Waals surface area contributed by atoms with Gasteiger partial charge in [-0.1, -0.05) is 23.2 Å². The number of hydrogen-bond acceptors (Lipinski definition) is 0. The van der Waals surface area contributed by atoms with Gasteiger partial charge in [0.1, 0.15) is 0 Å². The van der Waals surface area contributed by atoms with Crippen LogP contribution in [0.2, 0.25) is 0 Å². The second-order valence-electron chi connectivity index (χ2n) is 0.749. The molecule has 0 spiro atoms. The third kappa shape index (κ3) is 4.80. The first-order valence-corrected chi connectivity index (χ1v) is 2.48. The summed E-state index contributed by atoms with van der Waals surface area (Å²) in [5.41, 5.74) is 0. The van der Waals surface area contributed by atoms with Gasteiger partial charge < -0.3 is 0 Å². The SMILES string of the molecule is FC(Cl)(Cl)CCl. The average Bonchev–Trinajstić information content (AvgIpc) is 1.35. The summed E-state index contributed by atoms with van der Waals surface area (Å²) in [5.74, 6) is -0.393. The molecule has 0 aliphatic rings. The van der Waals surface area contributed by atoms with E-state index in [4.69, 9.17) is 11.6 Å². The van der Waals surface area contributed by atoms with Gasteiger partial charge in [0.2, 0.25) is 0 Å². The standard InChI is InChI=1S/C2H2Cl3F/c3-1-2(4,5)6/h1H2. The first kappa shape index (κ1) is 6.80. The molecular formula is C2H2Cl3F. The lowest BCUT2D eigenvalue weighted by Gasteiger charge is -1.98. The van der Waals surface area contributed by atoms with Gasteiger partial charge in [0.15, 0.2) is 0 Å². The van der Waals surface area contributed by atoms with Crippen molar-refractivity contribution < 1.29 is 4.39 Å². The maximum atomic E-state index is 11.5. The first-order valence-electron chi connectivity index (χ1n) is 1.19. The molecule has 38 valence electrons. The summed E-state index contributed by atoms with van der Waals surface area (Å²) in [4.78, 5) is 0. The molecule has 0 bridgehead atoms. The van der Waals surface area contributed by atoms with Crippen molar-refractivity contribution in [2.75, 3.05) is 5.88 Å². The van der Waals surface area contributed by atoms with Gasteiger partial charge in [-0.3, -0.25) is 0 Å². The molecule has 0 radical (unpaired) electrons. The van der Waals surface area contributed by atoms with E-state index in [0.717, 1.165) is 0 Å². The highest BCUT2D eigenvalue weighted by Gasteiger charge is 2.18. The van der Waals surface area contributed by atoms with Crippen LogP contribution in [0.3, 0.4) is 0 Å². The predicted octanol–water partition coefficient (Wildman–Crippen LogP) is 2.33. The monoisotopic (exact) mass is 150 g/mol. The van der Waals surface area contributed by atoms with Crippen molar-refractivity contribution in [3.8, 4) is 0 Å². The van der Waals surface area contributed by atoms with Crippen LogP contribution in [0.25, 0.3) is 0 Å². The van der Waals surface area contributed by atoms with Crippen molar-refractivity contribution in [3.05, 3.63) is 0 Å². The number of hydrogen-bond donors (Lipinski definition) is 0. The molecule has 0 amide bonds.